The number of aryl methyl sites for hydroxylation is 8. The highest BCUT2D eigenvalue weighted by Gasteiger charge is 2.16. The highest BCUT2D eigenvalue weighted by atomic mass is 19.1. The van der Waals surface area contributed by atoms with Crippen LogP contribution in [0.25, 0.3) is 55.7 Å². The number of aromatic nitrogens is 3. The van der Waals surface area contributed by atoms with E-state index in [2.05, 4.69) is 15.0 Å². The molecule has 0 aliphatic heterocycles. The summed E-state index contributed by atoms with van der Waals surface area (Å²) in [7, 11) is 0. The van der Waals surface area contributed by atoms with Gasteiger partial charge >= 0.3 is 0 Å². The molecule has 0 saturated heterocycles. The average molecular weight is 777 g/mol. The Bertz CT molecular complexity index is 3570. The molecule has 9 aromatic rings. The lowest BCUT2D eigenvalue weighted by Crippen LogP contribution is -2.02. The molecule has 0 fully saturated rings. The molecule has 9 rings (SSSR count). The fraction of sp³-hybridized carbons (Fsp3) is 0.151. The molecule has 4 nitrogen and oxygen atoms in total. The van der Waals surface area contributed by atoms with E-state index in [9.17, 15) is 16.4 Å². The molecule has 0 saturated carbocycles. The lowest BCUT2D eigenvalue weighted by Gasteiger charge is -2.13. The molecule has 284 valence electrons. The van der Waals surface area contributed by atoms with E-state index in [0.717, 1.165) is 48.9 Å². The lowest BCUT2D eigenvalue weighted by atomic mass is 9.93. The van der Waals surface area contributed by atoms with E-state index in [0.29, 0.717) is 22.1 Å². The molecule has 4 aromatic heterocycles. The summed E-state index contributed by atoms with van der Waals surface area (Å²) in [5.41, 5.74) is -3.78. The summed E-state index contributed by atoms with van der Waals surface area (Å²) < 4.78 is 193. The molecule has 4 heterocycles. The summed E-state index contributed by atoms with van der Waals surface area (Å²) in [6.07, 6.45) is -17.6. The molecule has 0 radical (unpaired) electrons. The summed E-state index contributed by atoms with van der Waals surface area (Å²) >= 11 is 0. The maximum atomic E-state index is 15.2. The first-order chi connectivity index (χ1) is 35.8. The summed E-state index contributed by atoms with van der Waals surface area (Å²) in [6, 6.07) is 30.7. The quantitative estimate of drug-likeness (QED) is 0.124. The number of pyridine rings is 3. The van der Waals surface area contributed by atoms with Gasteiger partial charge in [0.15, 0.2) is 0 Å². The standard InChI is InChI=1S/C53H44FN3O/c1-35-27-49(41-11-5-3-6-12-41)56-33-43(35)24-21-39-29-38(30-40(31-39)22-25-44-34-57-50(28-36(44)2)42-13-7-4-8-14-42)20-19-37-23-26-48(55-32-37)45-15-9-16-46-52-47(54)17-10-18-51(52)58-53(45)46/h3-18,23,26-34H,19-22,24-25H2,1-2H3/i1D3,2D3,17D,19D2,20D2,21D2,22D2,24D2,25D2. The topological polar surface area (TPSA) is 51.8 Å². The molecule has 58 heavy (non-hydrogen) atoms. The predicted octanol–water partition coefficient (Wildman–Crippen LogP) is 12.9. The maximum Gasteiger partial charge on any atom is 0.144 e. The third-order valence-electron chi connectivity index (χ3n) is 9.36. The Hall–Kier alpha value is -6.72. The molecule has 5 heteroatoms. The van der Waals surface area contributed by atoms with E-state index in [4.69, 9.17) is 14.0 Å². The minimum atomic E-state index is -3.49. The maximum absolute atomic E-state index is 15.2. The zero-order valence-corrected chi connectivity index (χ0v) is 30.6. The SMILES string of the molecule is [2H]c1ccc2oc3c(-c4ccc(C([2H])([2H])C([2H])([2H])c5cc(C([2H])([2H])C([2H])([2H])c6cnc(-c7ccccc7)cc6C([2H])([2H])[2H])cc(C([2H])([2H])C([2H])([2H])c6cnc(-c7ccccc7)cc6C([2H])([2H])[2H])c5)cn4)cccc3c2c1F. The van der Waals surface area contributed by atoms with E-state index < -0.39 is 102 Å². The van der Waals surface area contributed by atoms with Gasteiger partial charge in [-0.2, -0.15) is 0 Å². The van der Waals surface area contributed by atoms with Gasteiger partial charge < -0.3 is 4.42 Å². The van der Waals surface area contributed by atoms with Gasteiger partial charge in [-0.15, -0.1) is 0 Å². The highest BCUT2D eigenvalue weighted by Crippen LogP contribution is 2.36. The minimum absolute atomic E-state index is 0.0673. The van der Waals surface area contributed by atoms with Gasteiger partial charge in [-0.1, -0.05) is 103 Å². The molecule has 0 bridgehead atoms. The lowest BCUT2D eigenvalue weighted by molar-refractivity contribution is 0.634. The van der Waals surface area contributed by atoms with Gasteiger partial charge in [-0.05, 0) is 133 Å². The van der Waals surface area contributed by atoms with Crippen LogP contribution in [-0.4, -0.2) is 15.0 Å². The van der Waals surface area contributed by atoms with E-state index in [1.807, 2.05) is 0 Å². The normalized spacial score (nSPS) is 18.2. The van der Waals surface area contributed by atoms with Crippen molar-refractivity contribution in [2.24, 2.45) is 0 Å². The second-order valence-electron chi connectivity index (χ2n) is 13.3. The van der Waals surface area contributed by atoms with Crippen molar-refractivity contribution in [3.8, 4) is 33.8 Å². The fourth-order valence-corrected chi connectivity index (χ4v) is 6.48. The Labute approximate surface area is 365 Å². The van der Waals surface area contributed by atoms with Crippen molar-refractivity contribution < 1.29 is 34.9 Å². The zero-order chi connectivity index (χ0) is 56.1. The highest BCUT2D eigenvalue weighted by molar-refractivity contribution is 6.09. The first-order valence-corrected chi connectivity index (χ1v) is 18.2. The summed E-state index contributed by atoms with van der Waals surface area (Å²) in [6.45, 7) is -6.15. The molecule has 5 aromatic carbocycles. The zero-order valence-electron chi connectivity index (χ0n) is 49.6. The van der Waals surface area contributed by atoms with Crippen molar-refractivity contribution in [2.45, 2.75) is 51.9 Å². The predicted molar refractivity (Wildman–Crippen MR) is 234 cm³/mol. The van der Waals surface area contributed by atoms with E-state index in [1.54, 1.807) is 78.9 Å². The monoisotopic (exact) mass is 776 g/mol. The van der Waals surface area contributed by atoms with Crippen LogP contribution in [0.15, 0.2) is 163 Å². The Morgan fingerprint density at radius 3 is 1.69 bits per heavy atom. The van der Waals surface area contributed by atoms with Gasteiger partial charge in [-0.25, -0.2) is 4.39 Å². The van der Waals surface area contributed by atoms with Crippen LogP contribution in [0.5, 0.6) is 0 Å². The molecular formula is C53H44FN3O. The third-order valence-corrected chi connectivity index (χ3v) is 9.36. The van der Waals surface area contributed by atoms with Gasteiger partial charge in [0.1, 0.15) is 17.0 Å². The van der Waals surface area contributed by atoms with Crippen LogP contribution in [0, 0.1) is 19.5 Å². The number of benzene rings is 5. The van der Waals surface area contributed by atoms with Crippen LogP contribution >= 0.6 is 0 Å². The Morgan fingerprint density at radius 1 is 0.552 bits per heavy atom. The van der Waals surface area contributed by atoms with E-state index in [1.165, 1.54) is 24.3 Å². The summed E-state index contributed by atoms with van der Waals surface area (Å²) in [5, 5.41) is 0.397. The Balaban J connectivity index is 1.20. The van der Waals surface area contributed by atoms with Gasteiger partial charge in [0.05, 0.1) is 23.8 Å². The molecule has 0 atom stereocenters. The molecule has 0 unspecified atom stereocenters. The number of halogens is 1. The molecular weight excluding hydrogens is 714 g/mol. The Kier molecular flexibility index (Phi) is 5.98. The van der Waals surface area contributed by atoms with Gasteiger partial charge in [0.2, 0.25) is 0 Å². The van der Waals surface area contributed by atoms with Crippen LogP contribution in [0.2, 0.25) is 0 Å². The number of hydrogen-bond acceptors (Lipinski definition) is 4. The first kappa shape index (κ1) is 21.2. The van der Waals surface area contributed by atoms with Crippen molar-refractivity contribution in [1.29, 1.82) is 0 Å². The number of rotatable bonds is 12. The smallest absolute Gasteiger partial charge is 0.144 e. The van der Waals surface area contributed by atoms with E-state index in [-0.39, 0.29) is 39.7 Å². The fourth-order valence-electron chi connectivity index (χ4n) is 6.48. The van der Waals surface area contributed by atoms with Crippen molar-refractivity contribution in [3.05, 3.63) is 208 Å². The van der Waals surface area contributed by atoms with Crippen LogP contribution in [-0.2, 0) is 38.2 Å². The molecule has 0 N–H and O–H groups in total. The number of furan rings is 1. The van der Waals surface area contributed by atoms with Crippen LogP contribution in [0.3, 0.4) is 0 Å². The third kappa shape index (κ3) is 7.94. The molecule has 0 amide bonds. The Morgan fingerprint density at radius 2 is 1.12 bits per heavy atom. The summed E-state index contributed by atoms with van der Waals surface area (Å²) in [4.78, 5) is 13.0. The van der Waals surface area contributed by atoms with Crippen molar-refractivity contribution in [2.75, 3.05) is 0 Å². The second kappa shape index (κ2) is 16.4. The number of nitrogens with zero attached hydrogens (tertiary/aromatic N) is 3. The van der Waals surface area contributed by atoms with Crippen molar-refractivity contribution >= 4 is 21.9 Å². The second-order valence-corrected chi connectivity index (χ2v) is 13.3. The molecule has 0 aliphatic carbocycles. The van der Waals surface area contributed by atoms with Gasteiger partial charge in [-0.3, -0.25) is 15.0 Å². The first-order valence-electron chi connectivity index (χ1n) is 27.7. The van der Waals surface area contributed by atoms with Crippen molar-refractivity contribution in [3.63, 3.8) is 0 Å². The van der Waals surface area contributed by atoms with Crippen LogP contribution in [0.4, 0.5) is 4.39 Å². The van der Waals surface area contributed by atoms with Crippen LogP contribution in [0.1, 0.15) is 70.6 Å². The van der Waals surface area contributed by atoms with Gasteiger partial charge in [0.25, 0.3) is 0 Å². The van der Waals surface area contributed by atoms with Crippen LogP contribution < -0.4 is 0 Å². The van der Waals surface area contributed by atoms with Crippen molar-refractivity contribution in [1.82, 2.24) is 15.0 Å². The number of hydrogen-bond donors (Lipinski definition) is 0. The molecule has 0 spiro atoms. The van der Waals surface area contributed by atoms with Gasteiger partial charge in [0, 0.05) is 65.3 Å². The minimum Gasteiger partial charge on any atom is -0.455 e. The average Bonchev–Trinajstić information content (AvgIpc) is 3.83. The number of para-hydroxylation sites is 1. The number of fused-ring (bicyclic) bond motifs is 3. The summed E-state index contributed by atoms with van der Waals surface area (Å²) in [5.74, 6) is -0.803. The largest absolute Gasteiger partial charge is 0.455 e. The molecule has 0 aliphatic rings. The van der Waals surface area contributed by atoms with E-state index >= 15 is 4.39 Å².